The first-order chi connectivity index (χ1) is 11.6. The van der Waals surface area contributed by atoms with Crippen molar-refractivity contribution in [2.24, 2.45) is 0 Å². The minimum atomic E-state index is -1.07. The Morgan fingerprint density at radius 2 is 1.92 bits per heavy atom. The topological polar surface area (TPSA) is 97.1 Å². The Kier molecular flexibility index (Phi) is 3.20. The van der Waals surface area contributed by atoms with Gasteiger partial charge in [-0.2, -0.15) is 16.3 Å². The van der Waals surface area contributed by atoms with Gasteiger partial charge in [0.15, 0.2) is 0 Å². The highest BCUT2D eigenvalue weighted by Crippen LogP contribution is 2.28. The van der Waals surface area contributed by atoms with Gasteiger partial charge in [0.2, 0.25) is 5.82 Å². The first-order valence-electron chi connectivity index (χ1n) is 7.17. The van der Waals surface area contributed by atoms with Crippen molar-refractivity contribution in [1.29, 1.82) is 0 Å². The minimum Gasteiger partial charge on any atom is -0.334 e. The van der Waals surface area contributed by atoms with Crippen LogP contribution in [0.5, 0.6) is 0 Å². The Bertz CT molecular complexity index is 917. The number of rotatable bonds is 3. The van der Waals surface area contributed by atoms with Crippen LogP contribution in [0.25, 0.3) is 22.8 Å². The molecule has 1 saturated heterocycles. The number of carbonyl (C=O) groups is 2. The number of nitrogens with zero attached hydrogens (tertiary/aromatic N) is 2. The summed E-state index contributed by atoms with van der Waals surface area (Å²) in [6.07, 6.45) is 0. The number of thiophene rings is 1. The van der Waals surface area contributed by atoms with Crippen LogP contribution in [0.1, 0.15) is 12.5 Å². The fourth-order valence-corrected chi connectivity index (χ4v) is 3.17. The molecule has 2 N–H and O–H groups in total. The van der Waals surface area contributed by atoms with Crippen LogP contribution in [-0.4, -0.2) is 22.1 Å². The highest BCUT2D eigenvalue weighted by Gasteiger charge is 2.43. The first-order valence-corrected chi connectivity index (χ1v) is 8.11. The van der Waals surface area contributed by atoms with E-state index in [-0.39, 0.29) is 5.91 Å². The third-order valence-electron chi connectivity index (χ3n) is 3.96. The Morgan fingerprint density at radius 3 is 2.54 bits per heavy atom. The van der Waals surface area contributed by atoms with Gasteiger partial charge in [0.25, 0.3) is 11.8 Å². The summed E-state index contributed by atoms with van der Waals surface area (Å²) in [6.45, 7) is 1.66. The third kappa shape index (κ3) is 2.28. The Morgan fingerprint density at radius 1 is 1.12 bits per heavy atom. The molecule has 3 heterocycles. The van der Waals surface area contributed by atoms with Crippen LogP contribution in [0.15, 0.2) is 45.6 Å². The van der Waals surface area contributed by atoms with Crippen molar-refractivity contribution >= 4 is 23.3 Å². The summed E-state index contributed by atoms with van der Waals surface area (Å²) in [7, 11) is 0. The van der Waals surface area contributed by atoms with Crippen molar-refractivity contribution in [3.8, 4) is 22.8 Å². The molecule has 3 amide bonds. The SMILES string of the molecule is C[C@]1(c2ccc(-c3noc(-c4ccsc4)n3)cc2)NC(=O)NC1=O. The molecule has 2 aromatic heterocycles. The zero-order valence-corrected chi connectivity index (χ0v) is 13.4. The van der Waals surface area contributed by atoms with Crippen LogP contribution in [0.4, 0.5) is 4.79 Å². The maximum absolute atomic E-state index is 12.0. The summed E-state index contributed by atoms with van der Waals surface area (Å²) in [4.78, 5) is 27.7. The number of hydrogen-bond donors (Lipinski definition) is 2. The zero-order chi connectivity index (χ0) is 16.7. The van der Waals surface area contributed by atoms with Crippen LogP contribution in [0.2, 0.25) is 0 Å². The molecule has 1 aromatic carbocycles. The molecular formula is C16H12N4O3S. The summed E-state index contributed by atoms with van der Waals surface area (Å²) in [5, 5.41) is 12.7. The van der Waals surface area contributed by atoms with E-state index < -0.39 is 11.6 Å². The maximum atomic E-state index is 12.0. The number of aromatic nitrogens is 2. The second-order valence-electron chi connectivity index (χ2n) is 5.55. The predicted octanol–water partition coefficient (Wildman–Crippen LogP) is 2.52. The standard InChI is InChI=1S/C16H12N4O3S/c1-16(14(21)18-15(22)19-16)11-4-2-9(3-5-11)12-17-13(23-20-12)10-6-7-24-8-10/h2-8H,1H3,(H2,18,19,21,22)/t16-/m1/s1. The fraction of sp³-hybridized carbons (Fsp3) is 0.125. The van der Waals surface area contributed by atoms with Crippen LogP contribution in [-0.2, 0) is 10.3 Å². The minimum absolute atomic E-state index is 0.375. The Balaban J connectivity index is 1.63. The van der Waals surface area contributed by atoms with E-state index in [1.54, 1.807) is 42.5 Å². The van der Waals surface area contributed by atoms with Crippen LogP contribution < -0.4 is 10.6 Å². The lowest BCUT2D eigenvalue weighted by molar-refractivity contribution is -0.123. The van der Waals surface area contributed by atoms with Gasteiger partial charge in [0.1, 0.15) is 5.54 Å². The molecule has 3 aromatic rings. The predicted molar refractivity (Wildman–Crippen MR) is 87.1 cm³/mol. The van der Waals surface area contributed by atoms with E-state index >= 15 is 0 Å². The van der Waals surface area contributed by atoms with Crippen molar-refractivity contribution < 1.29 is 14.1 Å². The summed E-state index contributed by atoms with van der Waals surface area (Å²) in [5.74, 6) is 0.553. The molecule has 0 saturated carbocycles. The van der Waals surface area contributed by atoms with Gasteiger partial charge < -0.3 is 9.84 Å². The van der Waals surface area contributed by atoms with Gasteiger partial charge in [-0.1, -0.05) is 29.4 Å². The van der Waals surface area contributed by atoms with E-state index in [0.717, 1.165) is 11.1 Å². The number of carbonyl (C=O) groups excluding carboxylic acids is 2. The van der Waals surface area contributed by atoms with Gasteiger partial charge in [-0.05, 0) is 23.9 Å². The number of hydrogen-bond acceptors (Lipinski definition) is 6. The molecule has 0 radical (unpaired) electrons. The number of benzene rings is 1. The van der Waals surface area contributed by atoms with E-state index in [4.69, 9.17) is 4.52 Å². The third-order valence-corrected chi connectivity index (χ3v) is 4.64. The molecule has 0 spiro atoms. The number of nitrogens with one attached hydrogen (secondary N) is 2. The molecule has 120 valence electrons. The molecular weight excluding hydrogens is 328 g/mol. The average molecular weight is 340 g/mol. The summed E-state index contributed by atoms with van der Waals surface area (Å²) < 4.78 is 5.27. The van der Waals surface area contributed by atoms with E-state index in [9.17, 15) is 9.59 Å². The van der Waals surface area contributed by atoms with Gasteiger partial charge in [-0.3, -0.25) is 10.1 Å². The largest absolute Gasteiger partial charge is 0.334 e. The average Bonchev–Trinajstić information content (AvgIpc) is 3.29. The Hall–Kier alpha value is -3.00. The molecule has 24 heavy (non-hydrogen) atoms. The molecule has 1 aliphatic heterocycles. The molecule has 1 fully saturated rings. The molecule has 8 heteroatoms. The van der Waals surface area contributed by atoms with Crippen molar-refractivity contribution in [3.05, 3.63) is 46.7 Å². The number of imide groups is 1. The molecule has 0 aliphatic carbocycles. The quantitative estimate of drug-likeness (QED) is 0.714. The lowest BCUT2D eigenvalue weighted by Crippen LogP contribution is -2.40. The monoisotopic (exact) mass is 340 g/mol. The molecule has 1 atom stereocenters. The fourth-order valence-electron chi connectivity index (χ4n) is 2.54. The van der Waals surface area contributed by atoms with Gasteiger partial charge in [0, 0.05) is 10.9 Å². The van der Waals surface area contributed by atoms with Crippen LogP contribution in [0.3, 0.4) is 0 Å². The van der Waals surface area contributed by atoms with E-state index in [1.165, 1.54) is 0 Å². The van der Waals surface area contributed by atoms with Crippen LogP contribution in [0, 0.1) is 0 Å². The van der Waals surface area contributed by atoms with Gasteiger partial charge in [-0.25, -0.2) is 4.79 Å². The number of amides is 3. The van der Waals surface area contributed by atoms with Crippen molar-refractivity contribution in [1.82, 2.24) is 20.8 Å². The second kappa shape index (κ2) is 5.27. The highest BCUT2D eigenvalue weighted by atomic mass is 32.1. The lowest BCUT2D eigenvalue weighted by atomic mass is 9.91. The van der Waals surface area contributed by atoms with Gasteiger partial charge in [-0.15, -0.1) is 0 Å². The van der Waals surface area contributed by atoms with Crippen molar-refractivity contribution in [2.45, 2.75) is 12.5 Å². The van der Waals surface area contributed by atoms with Gasteiger partial charge in [0.05, 0.1) is 5.56 Å². The second-order valence-corrected chi connectivity index (χ2v) is 6.33. The maximum Gasteiger partial charge on any atom is 0.322 e. The van der Waals surface area contributed by atoms with Crippen LogP contribution >= 0.6 is 11.3 Å². The smallest absolute Gasteiger partial charge is 0.322 e. The summed E-state index contributed by atoms with van der Waals surface area (Å²) in [5.41, 5.74) is 1.25. The van der Waals surface area contributed by atoms with E-state index in [1.807, 2.05) is 16.8 Å². The normalized spacial score (nSPS) is 20.0. The van der Waals surface area contributed by atoms with E-state index in [0.29, 0.717) is 17.3 Å². The highest BCUT2D eigenvalue weighted by molar-refractivity contribution is 7.08. The first kappa shape index (κ1) is 14.6. The van der Waals surface area contributed by atoms with E-state index in [2.05, 4.69) is 20.8 Å². The molecule has 4 rings (SSSR count). The summed E-state index contributed by atoms with van der Waals surface area (Å²) >= 11 is 1.56. The Labute approximate surface area is 140 Å². The lowest BCUT2D eigenvalue weighted by Gasteiger charge is -2.20. The molecule has 0 unspecified atom stereocenters. The molecule has 1 aliphatic rings. The van der Waals surface area contributed by atoms with Gasteiger partial charge >= 0.3 is 6.03 Å². The van der Waals surface area contributed by atoms with Crippen molar-refractivity contribution in [3.63, 3.8) is 0 Å². The van der Waals surface area contributed by atoms with Crippen molar-refractivity contribution in [2.75, 3.05) is 0 Å². The molecule has 0 bridgehead atoms. The molecule has 7 nitrogen and oxygen atoms in total. The summed E-state index contributed by atoms with van der Waals surface area (Å²) in [6, 6.07) is 8.53. The zero-order valence-electron chi connectivity index (χ0n) is 12.6. The number of urea groups is 1.